The van der Waals surface area contributed by atoms with Crippen molar-refractivity contribution in [2.45, 2.75) is 31.8 Å². The molecule has 0 amide bonds. The van der Waals surface area contributed by atoms with Gasteiger partial charge in [-0.25, -0.2) is 4.98 Å². The Morgan fingerprint density at radius 2 is 2.38 bits per heavy atom. The van der Waals surface area contributed by atoms with Crippen molar-refractivity contribution in [3.63, 3.8) is 0 Å². The number of imidazole rings is 1. The minimum Gasteiger partial charge on any atom is -0.384 e. The molecule has 1 atom stereocenters. The average Bonchev–Trinajstić information content (AvgIpc) is 2.70. The molecule has 72 valence electrons. The Bertz CT molecular complexity index is 300. The topological polar surface area (TPSA) is 38.0 Å². The molecule has 1 aromatic heterocycles. The van der Waals surface area contributed by atoms with Crippen LogP contribution in [0.15, 0.2) is 12.5 Å². The second kappa shape index (κ2) is 2.84. The monoisotopic (exact) mass is 180 g/mol. The van der Waals surface area contributed by atoms with E-state index in [4.69, 9.17) is 0 Å². The molecule has 1 fully saturated rings. The number of hydrogen-bond donors (Lipinski definition) is 1. The first kappa shape index (κ1) is 8.75. The van der Waals surface area contributed by atoms with Crippen LogP contribution >= 0.6 is 0 Å². The van der Waals surface area contributed by atoms with E-state index >= 15 is 0 Å². The number of aromatic nitrogens is 2. The summed E-state index contributed by atoms with van der Waals surface area (Å²) in [7, 11) is 1.92. The minimum absolute atomic E-state index is 0.719. The van der Waals surface area contributed by atoms with Gasteiger partial charge in [0.25, 0.3) is 0 Å². The van der Waals surface area contributed by atoms with Gasteiger partial charge in [0.05, 0.1) is 12.0 Å². The van der Waals surface area contributed by atoms with Crippen molar-refractivity contribution in [3.8, 4) is 0 Å². The smallest absolute Gasteiger partial charge is 0.105 e. The molecule has 3 heteroatoms. The van der Waals surface area contributed by atoms with Crippen LogP contribution < -0.4 is 0 Å². The van der Waals surface area contributed by atoms with Crippen LogP contribution in [0.2, 0.25) is 0 Å². The van der Waals surface area contributed by atoms with E-state index in [9.17, 15) is 5.11 Å². The highest BCUT2D eigenvalue weighted by Gasteiger charge is 2.34. The summed E-state index contributed by atoms with van der Waals surface area (Å²) in [5.41, 5.74) is 0.0597. The summed E-state index contributed by atoms with van der Waals surface area (Å²) in [4.78, 5) is 4.18. The van der Waals surface area contributed by atoms with E-state index < -0.39 is 5.60 Å². The Hall–Kier alpha value is -0.830. The predicted molar refractivity (Wildman–Crippen MR) is 50.1 cm³/mol. The van der Waals surface area contributed by atoms with Crippen LogP contribution in [0.3, 0.4) is 0 Å². The average molecular weight is 180 g/mol. The third kappa shape index (κ3) is 1.91. The van der Waals surface area contributed by atoms with Gasteiger partial charge in [-0.2, -0.15) is 0 Å². The maximum atomic E-state index is 10.1. The van der Waals surface area contributed by atoms with Gasteiger partial charge in [-0.1, -0.05) is 12.8 Å². The summed E-state index contributed by atoms with van der Waals surface area (Å²) in [5, 5.41) is 10.1. The molecule has 1 unspecified atom stereocenters. The summed E-state index contributed by atoms with van der Waals surface area (Å²) >= 11 is 0. The predicted octanol–water partition coefficient (Wildman–Crippen LogP) is 1.43. The van der Waals surface area contributed by atoms with Crippen molar-refractivity contribution >= 4 is 0 Å². The molecule has 1 N–H and O–H groups in total. The Kier molecular flexibility index (Phi) is 1.91. The molecule has 0 radical (unpaired) electrons. The van der Waals surface area contributed by atoms with Crippen molar-refractivity contribution in [3.05, 3.63) is 18.2 Å². The molecule has 3 nitrogen and oxygen atoms in total. The van der Waals surface area contributed by atoms with E-state index in [1.165, 1.54) is 12.8 Å². The zero-order chi connectivity index (χ0) is 9.47. The molecule has 1 saturated carbocycles. The second-order valence-corrected chi connectivity index (χ2v) is 4.35. The van der Waals surface area contributed by atoms with E-state index in [1.54, 1.807) is 6.33 Å². The lowest BCUT2D eigenvalue weighted by molar-refractivity contribution is 0.0376. The first-order valence-electron chi connectivity index (χ1n) is 4.79. The number of hydrogen-bond acceptors (Lipinski definition) is 2. The highest BCUT2D eigenvalue weighted by atomic mass is 16.3. The summed E-state index contributed by atoms with van der Waals surface area (Å²) in [6.07, 6.45) is 7.01. The van der Waals surface area contributed by atoms with Crippen LogP contribution in [0, 0.1) is 5.92 Å². The van der Waals surface area contributed by atoms with E-state index in [-0.39, 0.29) is 0 Å². The van der Waals surface area contributed by atoms with Crippen LogP contribution in [-0.2, 0) is 12.6 Å². The SMILES string of the molecule is Cn1cnc(C(C)(O)CC2CC2)c1. The van der Waals surface area contributed by atoms with Gasteiger partial charge in [-0.3, -0.25) is 0 Å². The molecule has 0 aromatic carbocycles. The lowest BCUT2D eigenvalue weighted by Gasteiger charge is -2.20. The largest absolute Gasteiger partial charge is 0.384 e. The first-order chi connectivity index (χ1) is 6.08. The molecule has 2 rings (SSSR count). The molecule has 0 saturated heterocycles. The van der Waals surface area contributed by atoms with Gasteiger partial charge in [0.1, 0.15) is 5.60 Å². The van der Waals surface area contributed by atoms with Crippen molar-refractivity contribution in [2.24, 2.45) is 13.0 Å². The van der Waals surface area contributed by atoms with E-state index in [1.807, 2.05) is 24.7 Å². The van der Waals surface area contributed by atoms with Gasteiger partial charge in [-0.15, -0.1) is 0 Å². The maximum Gasteiger partial charge on any atom is 0.105 e. The molecular weight excluding hydrogens is 164 g/mol. The van der Waals surface area contributed by atoms with Gasteiger partial charge < -0.3 is 9.67 Å². The fraction of sp³-hybridized carbons (Fsp3) is 0.700. The van der Waals surface area contributed by atoms with Crippen molar-refractivity contribution in [1.29, 1.82) is 0 Å². The quantitative estimate of drug-likeness (QED) is 0.764. The molecule has 13 heavy (non-hydrogen) atoms. The standard InChI is InChI=1S/C10H16N2O/c1-10(13,5-8-3-4-8)9-6-12(2)7-11-9/h6-8,13H,3-5H2,1-2H3. The highest BCUT2D eigenvalue weighted by Crippen LogP contribution is 2.39. The van der Waals surface area contributed by atoms with E-state index in [0.717, 1.165) is 18.0 Å². The number of aryl methyl sites for hydroxylation is 1. The van der Waals surface area contributed by atoms with Crippen LogP contribution in [-0.4, -0.2) is 14.7 Å². The maximum absolute atomic E-state index is 10.1. The Balaban J connectivity index is 2.12. The highest BCUT2D eigenvalue weighted by molar-refractivity contribution is 5.08. The third-order valence-corrected chi connectivity index (χ3v) is 2.64. The lowest BCUT2D eigenvalue weighted by Crippen LogP contribution is -2.22. The zero-order valence-electron chi connectivity index (χ0n) is 8.20. The van der Waals surface area contributed by atoms with Crippen LogP contribution in [0.25, 0.3) is 0 Å². The van der Waals surface area contributed by atoms with Gasteiger partial charge in [0.2, 0.25) is 0 Å². The Morgan fingerprint density at radius 1 is 1.69 bits per heavy atom. The van der Waals surface area contributed by atoms with Crippen molar-refractivity contribution < 1.29 is 5.11 Å². The summed E-state index contributed by atoms with van der Waals surface area (Å²) in [6.45, 7) is 1.85. The van der Waals surface area contributed by atoms with Crippen molar-refractivity contribution in [2.75, 3.05) is 0 Å². The van der Waals surface area contributed by atoms with Crippen molar-refractivity contribution in [1.82, 2.24) is 9.55 Å². The normalized spacial score (nSPS) is 21.5. The lowest BCUT2D eigenvalue weighted by atomic mass is 9.96. The first-order valence-corrected chi connectivity index (χ1v) is 4.79. The fourth-order valence-electron chi connectivity index (χ4n) is 1.68. The molecule has 0 aliphatic heterocycles. The van der Waals surface area contributed by atoms with Crippen LogP contribution in [0.1, 0.15) is 31.9 Å². The molecule has 1 aliphatic carbocycles. The minimum atomic E-state index is -0.734. The molecular formula is C10H16N2O. The van der Waals surface area contributed by atoms with Crippen LogP contribution in [0.4, 0.5) is 0 Å². The van der Waals surface area contributed by atoms with Crippen LogP contribution in [0.5, 0.6) is 0 Å². The van der Waals surface area contributed by atoms with Gasteiger partial charge in [0.15, 0.2) is 0 Å². The van der Waals surface area contributed by atoms with E-state index in [2.05, 4.69) is 4.98 Å². The zero-order valence-corrected chi connectivity index (χ0v) is 8.20. The summed E-state index contributed by atoms with van der Waals surface area (Å²) in [5.74, 6) is 0.719. The molecule has 1 heterocycles. The number of nitrogens with zero attached hydrogens (tertiary/aromatic N) is 2. The number of rotatable bonds is 3. The van der Waals surface area contributed by atoms with Gasteiger partial charge in [-0.05, 0) is 19.3 Å². The van der Waals surface area contributed by atoms with E-state index in [0.29, 0.717) is 0 Å². The molecule has 0 bridgehead atoms. The molecule has 1 aromatic rings. The summed E-state index contributed by atoms with van der Waals surface area (Å²) < 4.78 is 1.87. The van der Waals surface area contributed by atoms with Gasteiger partial charge in [0, 0.05) is 13.2 Å². The second-order valence-electron chi connectivity index (χ2n) is 4.35. The molecule has 1 aliphatic rings. The summed E-state index contributed by atoms with van der Waals surface area (Å²) in [6, 6.07) is 0. The Morgan fingerprint density at radius 3 is 2.85 bits per heavy atom. The fourth-order valence-corrected chi connectivity index (χ4v) is 1.68. The van der Waals surface area contributed by atoms with Gasteiger partial charge >= 0.3 is 0 Å². The Labute approximate surface area is 78.4 Å². The third-order valence-electron chi connectivity index (χ3n) is 2.64. The molecule has 0 spiro atoms. The number of aliphatic hydroxyl groups is 1.